The van der Waals surface area contributed by atoms with Crippen LogP contribution in [0.1, 0.15) is 58.8 Å². The summed E-state index contributed by atoms with van der Waals surface area (Å²) in [7, 11) is 0. The number of hydrogen-bond donors (Lipinski definition) is 2. The molecule has 0 aromatic rings. The van der Waals surface area contributed by atoms with Gasteiger partial charge in [0.15, 0.2) is 0 Å². The number of carbonyl (C=O) groups excluding carboxylic acids is 1. The molecule has 6 atom stereocenters. The molecule has 0 bridgehead atoms. The molecular weight excluding hydrogens is 298 g/mol. The lowest BCUT2D eigenvalue weighted by atomic mass is 9.67. The van der Waals surface area contributed by atoms with E-state index >= 15 is 0 Å². The summed E-state index contributed by atoms with van der Waals surface area (Å²) >= 11 is 0. The van der Waals surface area contributed by atoms with Crippen LogP contribution in [0.3, 0.4) is 0 Å². The number of hydrogen-bond acceptors (Lipinski definition) is 4. The van der Waals surface area contributed by atoms with Gasteiger partial charge in [0.2, 0.25) is 0 Å². The van der Waals surface area contributed by atoms with Crippen molar-refractivity contribution in [1.29, 1.82) is 0 Å². The highest BCUT2D eigenvalue weighted by Gasteiger charge is 2.60. The van der Waals surface area contributed by atoms with Gasteiger partial charge in [0.25, 0.3) is 0 Å². The largest absolute Gasteiger partial charge is 0.316 e. The first kappa shape index (κ1) is 17.0. The molecule has 3 aliphatic heterocycles. The molecule has 4 fully saturated rings. The normalized spacial score (nSPS) is 43.6. The molecule has 2 N–H and O–H groups in total. The third-order valence-corrected chi connectivity index (χ3v) is 7.53. The summed E-state index contributed by atoms with van der Waals surface area (Å²) in [5, 5.41) is 7.61. The highest BCUT2D eigenvalue weighted by molar-refractivity contribution is 5.84. The predicted octanol–water partition coefficient (Wildman–Crippen LogP) is 2.39. The van der Waals surface area contributed by atoms with E-state index in [0.29, 0.717) is 36.2 Å². The van der Waals surface area contributed by atoms with Crippen molar-refractivity contribution in [3.63, 3.8) is 0 Å². The number of rotatable bonds is 4. The summed E-state index contributed by atoms with van der Waals surface area (Å²) in [6, 6.07) is 0.840. The Morgan fingerprint density at radius 2 is 1.88 bits per heavy atom. The molecule has 0 spiro atoms. The summed E-state index contributed by atoms with van der Waals surface area (Å²) in [6.45, 7) is 7.59. The summed E-state index contributed by atoms with van der Waals surface area (Å²) in [5.74, 6) is 3.24. The average Bonchev–Trinajstić information content (AvgIpc) is 3.15. The third kappa shape index (κ3) is 2.65. The zero-order valence-electron chi connectivity index (χ0n) is 15.5. The molecule has 0 radical (unpaired) electrons. The van der Waals surface area contributed by atoms with Crippen LogP contribution >= 0.6 is 0 Å². The van der Waals surface area contributed by atoms with Gasteiger partial charge in [0, 0.05) is 12.5 Å². The molecule has 4 nitrogen and oxygen atoms in total. The number of likely N-dealkylation sites (tertiary alicyclic amines) is 1. The maximum absolute atomic E-state index is 12.9. The number of likely N-dealkylation sites (N-methyl/N-ethyl adjacent to an activating group) is 1. The zero-order valence-corrected chi connectivity index (χ0v) is 15.5. The third-order valence-electron chi connectivity index (χ3n) is 7.53. The van der Waals surface area contributed by atoms with Crippen molar-refractivity contribution in [3.8, 4) is 0 Å². The minimum atomic E-state index is 0.175. The Morgan fingerprint density at radius 1 is 1.08 bits per heavy atom. The molecule has 3 saturated heterocycles. The van der Waals surface area contributed by atoms with Crippen LogP contribution in [0.5, 0.6) is 0 Å². The van der Waals surface area contributed by atoms with E-state index in [0.717, 1.165) is 31.5 Å². The number of piperidine rings is 1. The molecule has 4 aliphatic rings. The van der Waals surface area contributed by atoms with Gasteiger partial charge in [-0.25, -0.2) is 0 Å². The van der Waals surface area contributed by atoms with Gasteiger partial charge in [-0.15, -0.1) is 0 Å². The smallest absolute Gasteiger partial charge is 0.150 e. The molecule has 0 aromatic carbocycles. The molecule has 0 amide bonds. The van der Waals surface area contributed by atoms with Crippen molar-refractivity contribution in [2.24, 2.45) is 23.7 Å². The number of nitrogens with one attached hydrogen (secondary N) is 2. The van der Waals surface area contributed by atoms with E-state index in [4.69, 9.17) is 0 Å². The molecule has 4 heteroatoms. The van der Waals surface area contributed by atoms with Crippen molar-refractivity contribution in [2.75, 3.05) is 19.6 Å². The number of carbonyl (C=O) groups is 1. The molecule has 136 valence electrons. The quantitative estimate of drug-likeness (QED) is 0.829. The zero-order chi connectivity index (χ0) is 16.7. The predicted molar refractivity (Wildman–Crippen MR) is 96.7 cm³/mol. The molecule has 4 rings (SSSR count). The molecule has 6 unspecified atom stereocenters. The van der Waals surface area contributed by atoms with Gasteiger partial charge < -0.3 is 5.32 Å². The van der Waals surface area contributed by atoms with Crippen LogP contribution in [0.25, 0.3) is 0 Å². The Bertz CT molecular complexity index is 462. The second-order valence-electron chi connectivity index (χ2n) is 8.52. The first-order chi connectivity index (χ1) is 11.8. The summed E-state index contributed by atoms with van der Waals surface area (Å²) < 4.78 is 0. The van der Waals surface area contributed by atoms with Crippen LogP contribution in [-0.4, -0.2) is 48.6 Å². The maximum atomic E-state index is 12.9. The average molecular weight is 334 g/mol. The van der Waals surface area contributed by atoms with E-state index < -0.39 is 0 Å². The first-order valence-electron chi connectivity index (χ1n) is 10.5. The van der Waals surface area contributed by atoms with Gasteiger partial charge in [-0.05, 0) is 49.7 Å². The van der Waals surface area contributed by atoms with E-state index in [1.54, 1.807) is 0 Å². The van der Waals surface area contributed by atoms with Gasteiger partial charge in [0.05, 0.1) is 12.2 Å². The molecule has 0 aromatic heterocycles. The van der Waals surface area contributed by atoms with Crippen LogP contribution in [0.15, 0.2) is 0 Å². The van der Waals surface area contributed by atoms with Crippen LogP contribution in [0.2, 0.25) is 0 Å². The molecular formula is C20H35N3O. The number of fused-ring (bicyclic) bond motifs is 3. The fourth-order valence-corrected chi connectivity index (χ4v) is 6.57. The Morgan fingerprint density at radius 3 is 2.58 bits per heavy atom. The van der Waals surface area contributed by atoms with Gasteiger partial charge in [-0.2, -0.15) is 0 Å². The lowest BCUT2D eigenvalue weighted by Crippen LogP contribution is -2.51. The highest BCUT2D eigenvalue weighted by Crippen LogP contribution is 2.51. The number of ketones is 1. The molecule has 1 aliphatic carbocycles. The molecule has 3 heterocycles. The Kier molecular flexibility index (Phi) is 4.99. The van der Waals surface area contributed by atoms with Crippen molar-refractivity contribution >= 4 is 5.78 Å². The molecule has 24 heavy (non-hydrogen) atoms. The number of nitrogens with zero attached hydrogens (tertiary/aromatic N) is 1. The summed E-state index contributed by atoms with van der Waals surface area (Å²) in [6.07, 6.45) is 9.22. The Hall–Kier alpha value is -0.450. The lowest BCUT2D eigenvalue weighted by Gasteiger charge is -2.39. The van der Waals surface area contributed by atoms with Crippen LogP contribution < -0.4 is 10.6 Å². The monoisotopic (exact) mass is 333 g/mol. The topological polar surface area (TPSA) is 44.4 Å². The van der Waals surface area contributed by atoms with E-state index in [9.17, 15) is 4.79 Å². The van der Waals surface area contributed by atoms with E-state index in [2.05, 4.69) is 29.4 Å². The van der Waals surface area contributed by atoms with E-state index in [1.165, 1.54) is 38.5 Å². The van der Waals surface area contributed by atoms with Gasteiger partial charge in [-0.3, -0.25) is 15.0 Å². The van der Waals surface area contributed by atoms with Crippen LogP contribution in [-0.2, 0) is 4.79 Å². The summed E-state index contributed by atoms with van der Waals surface area (Å²) in [5.41, 5.74) is 0. The van der Waals surface area contributed by atoms with Crippen LogP contribution in [0.4, 0.5) is 0 Å². The standard InChI is InChI=1S/C20H35N3O/c1-3-16(24)19-17(13-8-6-5-7-9-13)18-14-12-21-11-10-15(14)22-20(18)23(19)4-2/h13-15,17-22H,3-12H2,1-2H3. The van der Waals surface area contributed by atoms with Gasteiger partial charge in [-0.1, -0.05) is 46.0 Å². The fourth-order valence-electron chi connectivity index (χ4n) is 6.57. The SMILES string of the molecule is CCC(=O)C1C(C2CCCCC2)C2C3CNCCC3NC2N1CC. The minimum absolute atomic E-state index is 0.175. The molecule has 1 saturated carbocycles. The first-order valence-corrected chi connectivity index (χ1v) is 10.5. The van der Waals surface area contributed by atoms with Crippen LogP contribution in [0, 0.1) is 23.7 Å². The van der Waals surface area contributed by atoms with Crippen molar-refractivity contribution in [1.82, 2.24) is 15.5 Å². The Balaban J connectivity index is 1.68. The van der Waals surface area contributed by atoms with Gasteiger partial charge >= 0.3 is 0 Å². The van der Waals surface area contributed by atoms with Crippen molar-refractivity contribution in [2.45, 2.75) is 77.0 Å². The minimum Gasteiger partial charge on any atom is -0.316 e. The fraction of sp³-hybridized carbons (Fsp3) is 0.950. The van der Waals surface area contributed by atoms with E-state index in [-0.39, 0.29) is 6.04 Å². The van der Waals surface area contributed by atoms with E-state index in [1.807, 2.05) is 0 Å². The lowest BCUT2D eigenvalue weighted by molar-refractivity contribution is -0.125. The second-order valence-corrected chi connectivity index (χ2v) is 8.52. The Labute approximate surface area is 147 Å². The highest BCUT2D eigenvalue weighted by atomic mass is 16.1. The van der Waals surface area contributed by atoms with Crippen molar-refractivity contribution in [3.05, 3.63) is 0 Å². The number of Topliss-reactive ketones (excluding diaryl/α,β-unsaturated/α-hetero) is 1. The second kappa shape index (κ2) is 7.05. The summed E-state index contributed by atoms with van der Waals surface area (Å²) in [4.78, 5) is 15.5. The maximum Gasteiger partial charge on any atom is 0.150 e. The van der Waals surface area contributed by atoms with Gasteiger partial charge in [0.1, 0.15) is 5.78 Å². The van der Waals surface area contributed by atoms with Crippen molar-refractivity contribution < 1.29 is 4.79 Å².